The number of piperazine rings is 1. The number of carbonyl (C=O) groups is 3. The number of Topliss-reactive ketones (excluding diaryl/α,β-unsaturated/α-hetero) is 1. The zero-order valence-electron chi connectivity index (χ0n) is 12.9. The van der Waals surface area contributed by atoms with Gasteiger partial charge in [-0.2, -0.15) is 0 Å². The fourth-order valence-electron chi connectivity index (χ4n) is 3.29. The summed E-state index contributed by atoms with van der Waals surface area (Å²) in [4.78, 5) is 37.9. The molecule has 2 fully saturated rings. The van der Waals surface area contributed by atoms with Crippen molar-refractivity contribution in [2.45, 2.75) is 37.8 Å². The van der Waals surface area contributed by atoms with Crippen LogP contribution < -0.4 is 5.32 Å². The van der Waals surface area contributed by atoms with E-state index in [4.69, 9.17) is 4.74 Å². The zero-order chi connectivity index (χ0) is 16.3. The highest BCUT2D eigenvalue weighted by molar-refractivity contribution is 5.93. The first-order valence-corrected chi connectivity index (χ1v) is 7.90. The van der Waals surface area contributed by atoms with Crippen molar-refractivity contribution in [3.63, 3.8) is 0 Å². The van der Waals surface area contributed by atoms with E-state index in [0.717, 1.165) is 5.56 Å². The lowest BCUT2D eigenvalue weighted by molar-refractivity contribution is -0.141. The van der Waals surface area contributed by atoms with Crippen LogP contribution in [0.4, 0.5) is 4.79 Å². The molecule has 1 N–H and O–H groups in total. The molecule has 6 nitrogen and oxygen atoms in total. The van der Waals surface area contributed by atoms with Crippen molar-refractivity contribution < 1.29 is 19.1 Å². The van der Waals surface area contributed by atoms with Gasteiger partial charge in [-0.25, -0.2) is 4.79 Å². The maximum Gasteiger partial charge on any atom is 0.411 e. The summed E-state index contributed by atoms with van der Waals surface area (Å²) in [5, 5.41) is 2.82. The molecule has 23 heavy (non-hydrogen) atoms. The van der Waals surface area contributed by atoms with E-state index in [1.165, 1.54) is 4.90 Å². The van der Waals surface area contributed by atoms with E-state index in [0.29, 0.717) is 38.8 Å². The van der Waals surface area contributed by atoms with Crippen LogP contribution in [0.3, 0.4) is 0 Å². The van der Waals surface area contributed by atoms with Crippen molar-refractivity contribution >= 4 is 17.8 Å². The second kappa shape index (κ2) is 6.40. The van der Waals surface area contributed by atoms with Crippen molar-refractivity contribution in [1.82, 2.24) is 10.2 Å². The normalized spacial score (nSPS) is 20.3. The lowest BCUT2D eigenvalue weighted by atomic mass is 9.78. The second-order valence-electron chi connectivity index (χ2n) is 6.02. The molecule has 1 heterocycles. The summed E-state index contributed by atoms with van der Waals surface area (Å²) >= 11 is 0. The Morgan fingerprint density at radius 3 is 2.57 bits per heavy atom. The topological polar surface area (TPSA) is 75.7 Å². The predicted molar refractivity (Wildman–Crippen MR) is 82.5 cm³/mol. The van der Waals surface area contributed by atoms with Crippen LogP contribution >= 0.6 is 0 Å². The number of rotatable bonds is 2. The maximum atomic E-state index is 12.5. The molecule has 2 aliphatic rings. The van der Waals surface area contributed by atoms with Gasteiger partial charge in [0.1, 0.15) is 17.9 Å². The molecule has 1 aromatic rings. The molecular weight excluding hydrogens is 296 g/mol. The molecule has 0 aromatic heterocycles. The van der Waals surface area contributed by atoms with Crippen molar-refractivity contribution in [3.05, 3.63) is 35.9 Å². The molecule has 0 radical (unpaired) electrons. The average Bonchev–Trinajstić information content (AvgIpc) is 2.58. The number of nitrogens with one attached hydrogen (secondary N) is 1. The lowest BCUT2D eigenvalue weighted by Gasteiger charge is -2.46. The van der Waals surface area contributed by atoms with Crippen LogP contribution in [0.15, 0.2) is 30.3 Å². The van der Waals surface area contributed by atoms with Gasteiger partial charge in [-0.3, -0.25) is 14.5 Å². The Bertz CT molecular complexity index is 604. The minimum atomic E-state index is -0.931. The Morgan fingerprint density at radius 1 is 1.17 bits per heavy atom. The van der Waals surface area contributed by atoms with Crippen LogP contribution in [0, 0.1) is 0 Å². The first-order valence-electron chi connectivity index (χ1n) is 7.90. The zero-order valence-corrected chi connectivity index (χ0v) is 12.9. The Kier molecular flexibility index (Phi) is 4.32. The van der Waals surface area contributed by atoms with Crippen LogP contribution in [0.2, 0.25) is 0 Å². The monoisotopic (exact) mass is 316 g/mol. The van der Waals surface area contributed by atoms with Crippen molar-refractivity contribution in [3.8, 4) is 0 Å². The molecule has 6 heteroatoms. The van der Waals surface area contributed by atoms with Gasteiger partial charge in [0.25, 0.3) is 0 Å². The van der Waals surface area contributed by atoms with Gasteiger partial charge in [0.2, 0.25) is 5.91 Å². The van der Waals surface area contributed by atoms with Gasteiger partial charge in [-0.15, -0.1) is 0 Å². The van der Waals surface area contributed by atoms with Gasteiger partial charge in [0.15, 0.2) is 0 Å². The summed E-state index contributed by atoms with van der Waals surface area (Å²) in [7, 11) is 0. The molecule has 2 amide bonds. The third-order valence-corrected chi connectivity index (χ3v) is 4.62. The molecule has 0 unspecified atom stereocenters. The summed E-state index contributed by atoms with van der Waals surface area (Å²) in [6.07, 6.45) is 0.917. The lowest BCUT2D eigenvalue weighted by Crippen LogP contribution is -2.67. The number of benzene rings is 1. The molecule has 1 aliphatic carbocycles. The Hall–Kier alpha value is -2.37. The Balaban J connectivity index is 1.72. The molecule has 1 aliphatic heterocycles. The number of ether oxygens (including phenoxy) is 1. The number of hydrogen-bond acceptors (Lipinski definition) is 4. The molecule has 1 aromatic carbocycles. The van der Waals surface area contributed by atoms with Crippen LogP contribution in [-0.4, -0.2) is 41.3 Å². The van der Waals surface area contributed by atoms with E-state index in [9.17, 15) is 14.4 Å². The number of amides is 2. The minimum absolute atomic E-state index is 0.145. The summed E-state index contributed by atoms with van der Waals surface area (Å²) in [6, 6.07) is 9.42. The van der Waals surface area contributed by atoms with E-state index in [-0.39, 0.29) is 18.3 Å². The van der Waals surface area contributed by atoms with Crippen LogP contribution in [0.25, 0.3) is 0 Å². The van der Waals surface area contributed by atoms with E-state index >= 15 is 0 Å². The molecular formula is C17H20N2O4. The van der Waals surface area contributed by atoms with Crippen molar-refractivity contribution in [2.75, 3.05) is 13.1 Å². The highest BCUT2D eigenvalue weighted by Crippen LogP contribution is 2.34. The van der Waals surface area contributed by atoms with Gasteiger partial charge >= 0.3 is 6.09 Å². The molecule has 122 valence electrons. The first-order chi connectivity index (χ1) is 11.1. The summed E-state index contributed by atoms with van der Waals surface area (Å²) < 4.78 is 5.39. The average molecular weight is 316 g/mol. The smallest absolute Gasteiger partial charge is 0.411 e. The predicted octanol–water partition coefficient (Wildman–Crippen LogP) is 1.64. The van der Waals surface area contributed by atoms with Crippen LogP contribution in [0.1, 0.15) is 31.2 Å². The Labute approximate surface area is 134 Å². The molecule has 1 spiro atoms. The number of nitrogens with zero attached hydrogens (tertiary/aromatic N) is 1. The van der Waals surface area contributed by atoms with Crippen molar-refractivity contribution in [2.24, 2.45) is 0 Å². The second-order valence-corrected chi connectivity index (χ2v) is 6.02. The summed E-state index contributed by atoms with van der Waals surface area (Å²) in [5.74, 6) is -0.0282. The summed E-state index contributed by atoms with van der Waals surface area (Å²) in [5.41, 5.74) is -0.0323. The maximum absolute atomic E-state index is 12.5. The van der Waals surface area contributed by atoms with Gasteiger partial charge in [0, 0.05) is 25.9 Å². The standard InChI is InChI=1S/C17H20N2O4/c20-14-6-8-17(9-7-14)15(21)18-10-11-19(17)16(22)23-12-13-4-2-1-3-5-13/h1-5H,6-12H2,(H,18,21). The highest BCUT2D eigenvalue weighted by atomic mass is 16.6. The summed E-state index contributed by atoms with van der Waals surface area (Å²) in [6.45, 7) is 0.995. The SMILES string of the molecule is O=C1CCC2(CC1)C(=O)NCCN2C(=O)OCc1ccccc1. The van der Waals surface area contributed by atoms with Gasteiger partial charge < -0.3 is 10.1 Å². The van der Waals surface area contributed by atoms with E-state index in [1.54, 1.807) is 0 Å². The molecule has 0 bridgehead atoms. The Morgan fingerprint density at radius 2 is 1.87 bits per heavy atom. The number of carbonyl (C=O) groups excluding carboxylic acids is 3. The number of ketones is 1. The van der Waals surface area contributed by atoms with Crippen molar-refractivity contribution in [1.29, 1.82) is 0 Å². The molecule has 1 saturated heterocycles. The third-order valence-electron chi connectivity index (χ3n) is 4.62. The quantitative estimate of drug-likeness (QED) is 0.900. The molecule has 1 saturated carbocycles. The van der Waals surface area contributed by atoms with Gasteiger partial charge in [-0.05, 0) is 18.4 Å². The highest BCUT2D eigenvalue weighted by Gasteiger charge is 2.50. The van der Waals surface area contributed by atoms with E-state index in [2.05, 4.69) is 5.32 Å². The minimum Gasteiger partial charge on any atom is -0.445 e. The molecule has 0 atom stereocenters. The first kappa shape index (κ1) is 15.5. The van der Waals surface area contributed by atoms with E-state index in [1.807, 2.05) is 30.3 Å². The molecule has 3 rings (SSSR count). The van der Waals surface area contributed by atoms with Crippen LogP contribution in [-0.2, 0) is 20.9 Å². The third kappa shape index (κ3) is 3.06. The fraction of sp³-hybridized carbons (Fsp3) is 0.471. The fourth-order valence-corrected chi connectivity index (χ4v) is 3.29. The number of hydrogen-bond donors (Lipinski definition) is 1. The largest absolute Gasteiger partial charge is 0.445 e. The van der Waals surface area contributed by atoms with Gasteiger partial charge in [0.05, 0.1) is 0 Å². The van der Waals surface area contributed by atoms with Crippen LogP contribution in [0.5, 0.6) is 0 Å². The van der Waals surface area contributed by atoms with Gasteiger partial charge in [-0.1, -0.05) is 30.3 Å². The van der Waals surface area contributed by atoms with E-state index < -0.39 is 11.6 Å².